The molecule has 0 spiro atoms. The second kappa shape index (κ2) is 8.57. The van der Waals surface area contributed by atoms with Crippen LogP contribution in [-0.2, 0) is 21.1 Å². The predicted octanol–water partition coefficient (Wildman–Crippen LogP) is 3.44. The van der Waals surface area contributed by atoms with Crippen molar-refractivity contribution in [2.45, 2.75) is 43.0 Å². The fourth-order valence-electron chi connectivity index (χ4n) is 3.38. The van der Waals surface area contributed by atoms with Gasteiger partial charge >= 0.3 is 0 Å². The summed E-state index contributed by atoms with van der Waals surface area (Å²) in [5, 5.41) is 3.14. The summed E-state index contributed by atoms with van der Waals surface area (Å²) in [6.07, 6.45) is 5.33. The number of hydrogen-bond donors (Lipinski definition) is 1. The van der Waals surface area contributed by atoms with E-state index in [1.807, 2.05) is 12.1 Å². The molecule has 0 radical (unpaired) electrons. The number of ether oxygens (including phenoxy) is 1. The number of benzene rings is 2. The maximum Gasteiger partial charge on any atom is 0.220 e. The minimum Gasteiger partial charge on any atom is -0.494 e. The number of sulfone groups is 1. The third-order valence-electron chi connectivity index (χ3n) is 4.77. The van der Waals surface area contributed by atoms with Gasteiger partial charge in [-0.2, -0.15) is 0 Å². The van der Waals surface area contributed by atoms with Crippen molar-refractivity contribution in [2.24, 2.45) is 0 Å². The lowest BCUT2D eigenvalue weighted by atomic mass is 9.87. The molecule has 1 N–H and O–H groups in total. The lowest BCUT2D eigenvalue weighted by molar-refractivity contribution is -0.122. The summed E-state index contributed by atoms with van der Waals surface area (Å²) >= 11 is 0. The highest BCUT2D eigenvalue weighted by Crippen LogP contribution is 2.29. The van der Waals surface area contributed by atoms with Crippen molar-refractivity contribution < 1.29 is 17.9 Å². The minimum absolute atomic E-state index is 0.0349. The number of carbonyl (C=O) groups is 1. The molecule has 3 rings (SSSR count). The number of carbonyl (C=O) groups excluding carboxylic acids is 1. The standard InChI is InChI=1S/C21H25NO4S/c1-27(24,25)18-13-11-17(12-14-18)26-15-5-10-21(23)22-20-9-4-7-16-6-2-3-8-19(16)20/h2-3,6,8,11-14,20H,4-5,7,9-10,15H2,1H3,(H,22,23). The number of aryl methyl sites for hydroxylation is 1. The quantitative estimate of drug-likeness (QED) is 0.739. The maximum atomic E-state index is 12.3. The Kier molecular flexibility index (Phi) is 6.16. The zero-order valence-electron chi connectivity index (χ0n) is 15.5. The summed E-state index contributed by atoms with van der Waals surface area (Å²) in [4.78, 5) is 12.5. The van der Waals surface area contributed by atoms with Crippen molar-refractivity contribution in [3.8, 4) is 5.75 Å². The molecule has 0 fully saturated rings. The van der Waals surface area contributed by atoms with E-state index >= 15 is 0 Å². The van der Waals surface area contributed by atoms with Crippen molar-refractivity contribution in [1.29, 1.82) is 0 Å². The first-order chi connectivity index (χ1) is 12.9. The molecule has 27 heavy (non-hydrogen) atoms. The SMILES string of the molecule is CS(=O)(=O)c1ccc(OCCCC(=O)NC2CCCc3ccccc32)cc1. The van der Waals surface area contributed by atoms with E-state index < -0.39 is 9.84 Å². The largest absolute Gasteiger partial charge is 0.494 e. The number of rotatable bonds is 7. The molecular weight excluding hydrogens is 362 g/mol. The molecule has 1 amide bonds. The van der Waals surface area contributed by atoms with E-state index in [2.05, 4.69) is 17.4 Å². The van der Waals surface area contributed by atoms with Crippen LogP contribution in [0.4, 0.5) is 0 Å². The van der Waals surface area contributed by atoms with E-state index in [4.69, 9.17) is 4.74 Å². The third-order valence-corrected chi connectivity index (χ3v) is 5.90. The summed E-state index contributed by atoms with van der Waals surface area (Å²) in [6.45, 7) is 0.410. The van der Waals surface area contributed by atoms with E-state index in [0.717, 1.165) is 19.3 Å². The second-order valence-electron chi connectivity index (χ2n) is 6.91. The summed E-state index contributed by atoms with van der Waals surface area (Å²) in [7, 11) is -3.20. The molecule has 0 aromatic heterocycles. The first kappa shape index (κ1) is 19.4. The van der Waals surface area contributed by atoms with Gasteiger partial charge in [0.05, 0.1) is 17.5 Å². The fourth-order valence-corrected chi connectivity index (χ4v) is 4.01. The highest BCUT2D eigenvalue weighted by atomic mass is 32.2. The monoisotopic (exact) mass is 387 g/mol. The number of fused-ring (bicyclic) bond motifs is 1. The Morgan fingerprint density at radius 2 is 1.89 bits per heavy atom. The molecule has 0 saturated heterocycles. The van der Waals surface area contributed by atoms with Gasteiger partial charge < -0.3 is 10.1 Å². The van der Waals surface area contributed by atoms with Crippen molar-refractivity contribution >= 4 is 15.7 Å². The first-order valence-electron chi connectivity index (χ1n) is 9.23. The molecule has 1 atom stereocenters. The van der Waals surface area contributed by atoms with E-state index in [-0.39, 0.29) is 16.8 Å². The van der Waals surface area contributed by atoms with Gasteiger partial charge in [-0.15, -0.1) is 0 Å². The van der Waals surface area contributed by atoms with Gasteiger partial charge in [0, 0.05) is 12.7 Å². The van der Waals surface area contributed by atoms with Crippen molar-refractivity contribution in [2.75, 3.05) is 12.9 Å². The molecule has 5 nitrogen and oxygen atoms in total. The molecule has 0 bridgehead atoms. The Morgan fingerprint density at radius 3 is 2.63 bits per heavy atom. The van der Waals surface area contributed by atoms with Crippen molar-refractivity contribution in [3.63, 3.8) is 0 Å². The van der Waals surface area contributed by atoms with E-state index in [9.17, 15) is 13.2 Å². The molecule has 0 saturated carbocycles. The van der Waals surface area contributed by atoms with Gasteiger partial charge in [-0.3, -0.25) is 4.79 Å². The number of amides is 1. The Balaban J connectivity index is 1.43. The second-order valence-corrected chi connectivity index (χ2v) is 8.92. The Bertz CT molecular complexity index is 891. The van der Waals surface area contributed by atoms with Crippen LogP contribution in [0, 0.1) is 0 Å². The maximum absolute atomic E-state index is 12.3. The molecule has 6 heteroatoms. The van der Waals surface area contributed by atoms with Crippen LogP contribution in [0.5, 0.6) is 5.75 Å². The van der Waals surface area contributed by atoms with Gasteiger partial charge in [-0.25, -0.2) is 8.42 Å². The van der Waals surface area contributed by atoms with Crippen LogP contribution < -0.4 is 10.1 Å². The Morgan fingerprint density at radius 1 is 1.15 bits per heavy atom. The lowest BCUT2D eigenvalue weighted by Crippen LogP contribution is -2.31. The average molecular weight is 388 g/mol. The van der Waals surface area contributed by atoms with E-state index in [0.29, 0.717) is 25.2 Å². The first-order valence-corrected chi connectivity index (χ1v) is 11.1. The molecule has 1 aliphatic carbocycles. The molecule has 144 valence electrons. The topological polar surface area (TPSA) is 72.5 Å². The highest BCUT2D eigenvalue weighted by molar-refractivity contribution is 7.90. The highest BCUT2D eigenvalue weighted by Gasteiger charge is 2.21. The van der Waals surface area contributed by atoms with Crippen LogP contribution >= 0.6 is 0 Å². The molecule has 1 aliphatic rings. The lowest BCUT2D eigenvalue weighted by Gasteiger charge is -2.26. The zero-order chi connectivity index (χ0) is 19.3. The van der Waals surface area contributed by atoms with Gasteiger partial charge in [0.25, 0.3) is 0 Å². The van der Waals surface area contributed by atoms with Crippen molar-refractivity contribution in [3.05, 3.63) is 59.7 Å². The normalized spacial score (nSPS) is 16.4. The van der Waals surface area contributed by atoms with E-state index in [1.54, 1.807) is 12.1 Å². The molecular formula is C21H25NO4S. The molecule has 2 aromatic rings. The fraction of sp³-hybridized carbons (Fsp3) is 0.381. The van der Waals surface area contributed by atoms with Gasteiger partial charge in [-0.1, -0.05) is 24.3 Å². The molecule has 2 aromatic carbocycles. The van der Waals surface area contributed by atoms with Crippen molar-refractivity contribution in [1.82, 2.24) is 5.32 Å². The Labute approximate surface area is 160 Å². The van der Waals surface area contributed by atoms with Crippen LogP contribution in [0.3, 0.4) is 0 Å². The van der Waals surface area contributed by atoms with E-state index in [1.165, 1.54) is 29.5 Å². The number of hydrogen-bond acceptors (Lipinski definition) is 4. The van der Waals surface area contributed by atoms with Gasteiger partial charge in [0.2, 0.25) is 5.91 Å². The summed E-state index contributed by atoms with van der Waals surface area (Å²) < 4.78 is 28.5. The summed E-state index contributed by atoms with van der Waals surface area (Å²) in [5.41, 5.74) is 2.56. The van der Waals surface area contributed by atoms with Crippen LogP contribution in [-0.4, -0.2) is 27.2 Å². The van der Waals surface area contributed by atoms with Crippen LogP contribution in [0.25, 0.3) is 0 Å². The average Bonchev–Trinajstić information content (AvgIpc) is 2.65. The Hall–Kier alpha value is -2.34. The predicted molar refractivity (Wildman–Crippen MR) is 105 cm³/mol. The summed E-state index contributed by atoms with van der Waals surface area (Å²) in [6, 6.07) is 14.7. The summed E-state index contributed by atoms with van der Waals surface area (Å²) in [5.74, 6) is 0.636. The molecule has 0 heterocycles. The van der Waals surface area contributed by atoms with Crippen LogP contribution in [0.15, 0.2) is 53.4 Å². The van der Waals surface area contributed by atoms with Gasteiger partial charge in [0.1, 0.15) is 5.75 Å². The van der Waals surface area contributed by atoms with Crippen LogP contribution in [0.2, 0.25) is 0 Å². The zero-order valence-corrected chi connectivity index (χ0v) is 16.3. The minimum atomic E-state index is -3.20. The smallest absolute Gasteiger partial charge is 0.220 e. The van der Waals surface area contributed by atoms with Gasteiger partial charge in [-0.05, 0) is 61.1 Å². The molecule has 0 aliphatic heterocycles. The third kappa shape index (κ3) is 5.32. The number of nitrogens with one attached hydrogen (secondary N) is 1. The van der Waals surface area contributed by atoms with Gasteiger partial charge in [0.15, 0.2) is 9.84 Å². The van der Waals surface area contributed by atoms with Crippen LogP contribution in [0.1, 0.15) is 42.9 Å². The molecule has 1 unspecified atom stereocenters.